The Labute approximate surface area is 118 Å². The van der Waals surface area contributed by atoms with E-state index in [9.17, 15) is 10.1 Å². The van der Waals surface area contributed by atoms with Crippen molar-refractivity contribution in [3.8, 4) is 5.88 Å². The lowest BCUT2D eigenvalue weighted by Gasteiger charge is -2.08. The Balaban J connectivity index is 2.71. The fraction of sp³-hybridized carbons (Fsp3) is 0.692. The van der Waals surface area contributed by atoms with Gasteiger partial charge in [-0.3, -0.25) is 10.1 Å². The number of anilines is 1. The van der Waals surface area contributed by atoms with Gasteiger partial charge < -0.3 is 10.1 Å². The van der Waals surface area contributed by atoms with Crippen LogP contribution in [0.5, 0.6) is 5.88 Å². The van der Waals surface area contributed by atoms with Crippen LogP contribution in [-0.2, 0) is 0 Å². The maximum absolute atomic E-state index is 11.1. The molecular weight excluding hydrogens is 260 g/mol. The van der Waals surface area contributed by atoms with E-state index in [0.717, 1.165) is 25.7 Å². The minimum Gasteiger partial charge on any atom is -0.473 e. The van der Waals surface area contributed by atoms with Crippen LogP contribution in [0.4, 0.5) is 11.5 Å². The van der Waals surface area contributed by atoms with Gasteiger partial charge in [0.25, 0.3) is 5.88 Å². The fourth-order valence-corrected chi connectivity index (χ4v) is 1.72. The van der Waals surface area contributed by atoms with Gasteiger partial charge in [0.2, 0.25) is 5.82 Å². The Morgan fingerprint density at radius 2 is 2.05 bits per heavy atom. The summed E-state index contributed by atoms with van der Waals surface area (Å²) in [6.45, 7) is 5.12. The number of ether oxygens (including phenoxy) is 1. The van der Waals surface area contributed by atoms with Crippen LogP contribution in [0, 0.1) is 10.1 Å². The summed E-state index contributed by atoms with van der Waals surface area (Å²) in [6.07, 6.45) is 6.43. The number of hydrogen-bond acceptors (Lipinski definition) is 6. The zero-order valence-corrected chi connectivity index (χ0v) is 12.1. The third kappa shape index (κ3) is 4.99. The van der Waals surface area contributed by atoms with Gasteiger partial charge in [0.05, 0.1) is 11.5 Å². The zero-order valence-electron chi connectivity index (χ0n) is 12.1. The molecule has 0 aliphatic carbocycles. The maximum Gasteiger partial charge on any atom is 0.372 e. The second-order valence-electron chi connectivity index (χ2n) is 4.47. The van der Waals surface area contributed by atoms with Gasteiger partial charge in [0.15, 0.2) is 0 Å². The molecule has 1 rings (SSSR count). The maximum atomic E-state index is 11.1. The molecule has 0 radical (unpaired) electrons. The van der Waals surface area contributed by atoms with Gasteiger partial charge in [0, 0.05) is 6.54 Å². The summed E-state index contributed by atoms with van der Waals surface area (Å²) in [7, 11) is 0. The molecule has 1 aromatic rings. The molecule has 0 amide bonds. The Hall–Kier alpha value is -1.92. The van der Waals surface area contributed by atoms with Gasteiger partial charge in [-0.15, -0.1) is 0 Å². The lowest BCUT2D eigenvalue weighted by atomic mass is 10.2. The third-order valence-electron chi connectivity index (χ3n) is 2.74. The minimum atomic E-state index is -0.501. The third-order valence-corrected chi connectivity index (χ3v) is 2.74. The van der Waals surface area contributed by atoms with Crippen LogP contribution in [0.15, 0.2) is 6.33 Å². The van der Waals surface area contributed by atoms with Gasteiger partial charge in [0.1, 0.15) is 6.33 Å². The Kier molecular flexibility index (Phi) is 7.31. The standard InChI is InChI=1S/C13H22N4O3/c1-3-5-6-7-8-14-12-11(17(18)19)13(16-10-15-12)20-9-4-2/h10H,3-9H2,1-2H3,(H,14,15,16). The fourth-order valence-electron chi connectivity index (χ4n) is 1.72. The highest BCUT2D eigenvalue weighted by atomic mass is 16.6. The molecule has 0 saturated carbocycles. The van der Waals surface area contributed by atoms with Crippen LogP contribution in [0.3, 0.4) is 0 Å². The summed E-state index contributed by atoms with van der Waals surface area (Å²) in [4.78, 5) is 18.4. The van der Waals surface area contributed by atoms with Crippen LogP contribution >= 0.6 is 0 Å². The van der Waals surface area contributed by atoms with Gasteiger partial charge in [-0.2, -0.15) is 4.98 Å². The molecule has 0 aliphatic heterocycles. The summed E-state index contributed by atoms with van der Waals surface area (Å²) in [5.41, 5.74) is -0.184. The first-order valence-corrected chi connectivity index (χ1v) is 7.06. The first-order valence-electron chi connectivity index (χ1n) is 7.06. The van der Waals surface area contributed by atoms with E-state index in [0.29, 0.717) is 13.2 Å². The number of aromatic nitrogens is 2. The first kappa shape index (κ1) is 16.1. The van der Waals surface area contributed by atoms with Crippen molar-refractivity contribution in [2.75, 3.05) is 18.5 Å². The number of nitro groups is 1. The van der Waals surface area contributed by atoms with E-state index < -0.39 is 4.92 Å². The van der Waals surface area contributed by atoms with Crippen molar-refractivity contribution >= 4 is 11.5 Å². The minimum absolute atomic E-state index is 0.0305. The molecule has 1 N–H and O–H groups in total. The van der Waals surface area contributed by atoms with Crippen molar-refractivity contribution in [2.45, 2.75) is 46.0 Å². The van der Waals surface area contributed by atoms with E-state index >= 15 is 0 Å². The van der Waals surface area contributed by atoms with Crippen molar-refractivity contribution in [1.29, 1.82) is 0 Å². The average Bonchev–Trinajstić information content (AvgIpc) is 2.44. The van der Waals surface area contributed by atoms with E-state index in [1.54, 1.807) is 0 Å². The molecular formula is C13H22N4O3. The molecule has 7 heteroatoms. The predicted octanol–water partition coefficient (Wildman–Crippen LogP) is 3.17. The molecule has 1 heterocycles. The van der Waals surface area contributed by atoms with Crippen molar-refractivity contribution in [3.05, 3.63) is 16.4 Å². The van der Waals surface area contributed by atoms with Crippen LogP contribution in [0.1, 0.15) is 46.0 Å². The van der Waals surface area contributed by atoms with E-state index in [1.165, 1.54) is 12.7 Å². The summed E-state index contributed by atoms with van der Waals surface area (Å²) >= 11 is 0. The first-order chi connectivity index (χ1) is 9.70. The highest BCUT2D eigenvalue weighted by molar-refractivity contribution is 5.61. The quantitative estimate of drug-likeness (QED) is 0.402. The summed E-state index contributed by atoms with van der Waals surface area (Å²) in [5, 5.41) is 14.1. The predicted molar refractivity (Wildman–Crippen MR) is 77.1 cm³/mol. The van der Waals surface area contributed by atoms with Gasteiger partial charge in [-0.25, -0.2) is 4.98 Å². The molecule has 0 atom stereocenters. The Bertz CT molecular complexity index is 426. The van der Waals surface area contributed by atoms with E-state index in [1.807, 2.05) is 6.92 Å². The molecule has 0 aliphatic rings. The molecule has 20 heavy (non-hydrogen) atoms. The Morgan fingerprint density at radius 3 is 2.70 bits per heavy atom. The number of unbranched alkanes of at least 4 members (excludes halogenated alkanes) is 3. The van der Waals surface area contributed by atoms with E-state index in [4.69, 9.17) is 4.74 Å². The van der Waals surface area contributed by atoms with Crippen molar-refractivity contribution in [2.24, 2.45) is 0 Å². The molecule has 0 spiro atoms. The van der Waals surface area contributed by atoms with E-state index in [-0.39, 0.29) is 17.4 Å². The molecule has 0 unspecified atom stereocenters. The Morgan fingerprint density at radius 1 is 1.25 bits per heavy atom. The lowest BCUT2D eigenvalue weighted by Crippen LogP contribution is -2.09. The summed E-state index contributed by atoms with van der Waals surface area (Å²) in [6, 6.07) is 0. The van der Waals surface area contributed by atoms with Crippen molar-refractivity contribution < 1.29 is 9.66 Å². The normalized spacial score (nSPS) is 10.3. The second-order valence-corrected chi connectivity index (χ2v) is 4.47. The van der Waals surface area contributed by atoms with Crippen LogP contribution in [0.25, 0.3) is 0 Å². The molecule has 0 aromatic carbocycles. The number of nitrogens with one attached hydrogen (secondary N) is 1. The smallest absolute Gasteiger partial charge is 0.372 e. The molecule has 112 valence electrons. The largest absolute Gasteiger partial charge is 0.473 e. The number of hydrogen-bond donors (Lipinski definition) is 1. The molecule has 1 aromatic heterocycles. The molecule has 0 fully saturated rings. The van der Waals surface area contributed by atoms with Crippen molar-refractivity contribution in [3.63, 3.8) is 0 Å². The lowest BCUT2D eigenvalue weighted by molar-refractivity contribution is -0.385. The van der Waals surface area contributed by atoms with Crippen LogP contribution < -0.4 is 10.1 Å². The number of rotatable bonds is 10. The average molecular weight is 282 g/mol. The molecule has 0 saturated heterocycles. The topological polar surface area (TPSA) is 90.2 Å². The van der Waals surface area contributed by atoms with Crippen molar-refractivity contribution in [1.82, 2.24) is 9.97 Å². The SMILES string of the molecule is CCCCCCNc1ncnc(OCCC)c1[N+](=O)[O-]. The van der Waals surface area contributed by atoms with Crippen LogP contribution in [-0.4, -0.2) is 28.0 Å². The van der Waals surface area contributed by atoms with Crippen LogP contribution in [0.2, 0.25) is 0 Å². The van der Waals surface area contributed by atoms with E-state index in [2.05, 4.69) is 22.2 Å². The highest BCUT2D eigenvalue weighted by Crippen LogP contribution is 2.30. The summed E-state index contributed by atoms with van der Waals surface area (Å²) in [5.74, 6) is 0.260. The molecule has 0 bridgehead atoms. The summed E-state index contributed by atoms with van der Waals surface area (Å²) < 4.78 is 5.30. The monoisotopic (exact) mass is 282 g/mol. The number of nitrogens with zero attached hydrogens (tertiary/aromatic N) is 3. The van der Waals surface area contributed by atoms with Gasteiger partial charge in [-0.1, -0.05) is 33.1 Å². The zero-order chi connectivity index (χ0) is 14.8. The second kappa shape index (κ2) is 9.06. The highest BCUT2D eigenvalue weighted by Gasteiger charge is 2.23. The van der Waals surface area contributed by atoms with Gasteiger partial charge in [-0.05, 0) is 12.8 Å². The molecule has 7 nitrogen and oxygen atoms in total. The van der Waals surface area contributed by atoms with Gasteiger partial charge >= 0.3 is 5.69 Å².